The first-order valence-electron chi connectivity index (χ1n) is 6.28. The molecule has 0 N–H and O–H groups in total. The molecule has 0 aromatic heterocycles. The van der Waals surface area contributed by atoms with Crippen molar-refractivity contribution < 1.29 is 49.6 Å². The van der Waals surface area contributed by atoms with E-state index in [0.717, 1.165) is 0 Å². The summed E-state index contributed by atoms with van der Waals surface area (Å²) in [5, 5.41) is 0. The zero-order chi connectivity index (χ0) is 21.2. The predicted octanol–water partition coefficient (Wildman–Crippen LogP) is 2.97. The molecule has 0 saturated carbocycles. The van der Waals surface area contributed by atoms with Gasteiger partial charge in [0.25, 0.3) is 0 Å². The summed E-state index contributed by atoms with van der Waals surface area (Å²) in [5.74, 6) is -10.9. The molecule has 0 fully saturated rings. The van der Waals surface area contributed by atoms with Crippen molar-refractivity contribution in [1.82, 2.24) is 0 Å². The number of esters is 2. The molecule has 0 aliphatic heterocycles. The van der Waals surface area contributed by atoms with Crippen LogP contribution in [0.4, 0.5) is 17.6 Å². The second-order valence-corrected chi connectivity index (χ2v) is 9.62. The van der Waals surface area contributed by atoms with Gasteiger partial charge >= 0.3 is 24.0 Å². The quantitative estimate of drug-likeness (QED) is 0.145. The van der Waals surface area contributed by atoms with Crippen LogP contribution in [0, 0.1) is 10.7 Å². The summed E-state index contributed by atoms with van der Waals surface area (Å²) in [7, 11) is -5.73. The number of hydrogen-bond acceptors (Lipinski definition) is 7. The molecule has 0 spiro atoms. The third-order valence-electron chi connectivity index (χ3n) is 2.60. The summed E-state index contributed by atoms with van der Waals surface area (Å²) in [6, 6.07) is 3.11. The van der Waals surface area contributed by atoms with Crippen LogP contribution in [0.5, 0.6) is 0 Å². The SMILES string of the molecule is O=C(COC(=O)c1cc(I)cc(I)c1I)OC(F)(CS(=O)(=O)[O-])C(F)(F)F. The maximum Gasteiger partial charge on any atom is 0.461 e. The largest absolute Gasteiger partial charge is 0.748 e. The molecule has 0 radical (unpaired) electrons. The van der Waals surface area contributed by atoms with Crippen LogP contribution in [0.1, 0.15) is 10.4 Å². The van der Waals surface area contributed by atoms with Crippen LogP contribution in [0.2, 0.25) is 0 Å². The van der Waals surface area contributed by atoms with Gasteiger partial charge in [0.2, 0.25) is 0 Å². The lowest BCUT2D eigenvalue weighted by Crippen LogP contribution is -2.50. The predicted molar refractivity (Wildman–Crippen MR) is 105 cm³/mol. The van der Waals surface area contributed by atoms with Gasteiger partial charge in [-0.25, -0.2) is 18.0 Å². The van der Waals surface area contributed by atoms with Crippen LogP contribution >= 0.6 is 67.8 Å². The van der Waals surface area contributed by atoms with E-state index in [1.165, 1.54) is 6.07 Å². The number of carbonyl (C=O) groups excluding carboxylic acids is 2. The Labute approximate surface area is 190 Å². The van der Waals surface area contributed by atoms with Crippen molar-refractivity contribution >= 4 is 89.8 Å². The number of rotatable bonds is 6. The van der Waals surface area contributed by atoms with Crippen LogP contribution in [-0.2, 0) is 24.4 Å². The zero-order valence-electron chi connectivity index (χ0n) is 12.5. The smallest absolute Gasteiger partial charge is 0.461 e. The average Bonchev–Trinajstić information content (AvgIpc) is 2.45. The first kappa shape index (κ1) is 25.0. The Morgan fingerprint density at radius 3 is 2.15 bits per heavy atom. The van der Waals surface area contributed by atoms with E-state index in [9.17, 15) is 40.1 Å². The Bertz CT molecular complexity index is 859. The van der Waals surface area contributed by atoms with Gasteiger partial charge in [0.1, 0.15) is 15.9 Å². The highest BCUT2D eigenvalue weighted by molar-refractivity contribution is 14.1. The molecule has 1 aromatic rings. The average molecular weight is 751 g/mol. The van der Waals surface area contributed by atoms with Gasteiger partial charge in [-0.2, -0.15) is 17.6 Å². The van der Waals surface area contributed by atoms with Crippen LogP contribution in [-0.4, -0.2) is 49.3 Å². The van der Waals surface area contributed by atoms with E-state index in [2.05, 4.69) is 9.47 Å². The molecule has 0 saturated heterocycles. The first-order chi connectivity index (χ1) is 12.1. The van der Waals surface area contributed by atoms with E-state index in [1.54, 1.807) is 28.7 Å². The Morgan fingerprint density at radius 2 is 1.67 bits per heavy atom. The number of ether oxygens (including phenoxy) is 2. The first-order valence-corrected chi connectivity index (χ1v) is 11.1. The van der Waals surface area contributed by atoms with Gasteiger partial charge in [0.15, 0.2) is 6.61 Å². The van der Waals surface area contributed by atoms with Crippen molar-refractivity contribution in [3.8, 4) is 0 Å². The summed E-state index contributed by atoms with van der Waals surface area (Å²) < 4.78 is 92.7. The van der Waals surface area contributed by atoms with E-state index in [1.807, 2.05) is 45.2 Å². The molecule has 152 valence electrons. The Morgan fingerprint density at radius 1 is 1.11 bits per heavy atom. The molecule has 0 amide bonds. The molecule has 15 heteroatoms. The maximum atomic E-state index is 13.8. The molecule has 1 aromatic carbocycles. The highest BCUT2D eigenvalue weighted by Gasteiger charge is 2.61. The van der Waals surface area contributed by atoms with Crippen LogP contribution in [0.3, 0.4) is 0 Å². The molecule has 7 nitrogen and oxygen atoms in total. The lowest BCUT2D eigenvalue weighted by atomic mass is 10.2. The lowest BCUT2D eigenvalue weighted by Gasteiger charge is -2.28. The number of benzene rings is 1. The number of alkyl halides is 4. The second-order valence-electron chi connectivity index (χ2n) is 4.73. The summed E-state index contributed by atoms with van der Waals surface area (Å²) in [6.45, 7) is -1.43. The molecule has 0 bridgehead atoms. The van der Waals surface area contributed by atoms with Gasteiger partial charge in [-0.05, 0) is 79.9 Å². The summed E-state index contributed by atoms with van der Waals surface area (Å²) in [6.07, 6.45) is -5.99. The van der Waals surface area contributed by atoms with Gasteiger partial charge < -0.3 is 14.0 Å². The van der Waals surface area contributed by atoms with Crippen molar-refractivity contribution in [3.63, 3.8) is 0 Å². The Hall–Kier alpha value is -0.0200. The molecule has 1 atom stereocenters. The molecule has 0 heterocycles. The third-order valence-corrected chi connectivity index (χ3v) is 6.99. The van der Waals surface area contributed by atoms with Crippen molar-refractivity contribution in [3.05, 3.63) is 28.4 Å². The standard InChI is InChI=1S/C12H7F4I3O7S/c13-11(12(14,15)16,4-27(22,23)24)26-8(20)3-25-10(21)6-1-5(17)2-7(18)9(6)19/h1-2H,3-4H2,(H,22,23,24)/p-1. The Kier molecular flexibility index (Phi) is 8.52. The van der Waals surface area contributed by atoms with Gasteiger partial charge in [-0.3, -0.25) is 0 Å². The molecule has 0 aliphatic rings. The van der Waals surface area contributed by atoms with Crippen molar-refractivity contribution in [2.75, 3.05) is 12.4 Å². The molecule has 27 heavy (non-hydrogen) atoms. The number of halogens is 7. The van der Waals surface area contributed by atoms with E-state index in [4.69, 9.17) is 0 Å². The Balaban J connectivity index is 2.88. The molecule has 1 rings (SSSR count). The van der Waals surface area contributed by atoms with Gasteiger partial charge in [0, 0.05) is 10.7 Å². The molecular formula is C12H6F4I3O7S-. The highest BCUT2D eigenvalue weighted by atomic mass is 127. The van der Waals surface area contributed by atoms with Gasteiger partial charge in [-0.1, -0.05) is 0 Å². The minimum Gasteiger partial charge on any atom is -0.748 e. The number of hydrogen-bond donors (Lipinski definition) is 0. The number of carbonyl (C=O) groups is 2. The van der Waals surface area contributed by atoms with Crippen LogP contribution in [0.15, 0.2) is 12.1 Å². The fraction of sp³-hybridized carbons (Fsp3) is 0.333. The highest BCUT2D eigenvalue weighted by Crippen LogP contribution is 2.36. The fourth-order valence-corrected chi connectivity index (χ4v) is 4.57. The van der Waals surface area contributed by atoms with E-state index >= 15 is 0 Å². The minimum atomic E-state index is -5.99. The molecule has 1 unspecified atom stereocenters. The van der Waals surface area contributed by atoms with Crippen LogP contribution < -0.4 is 0 Å². The summed E-state index contributed by atoms with van der Waals surface area (Å²) in [5.41, 5.74) is 0.00386. The topological polar surface area (TPSA) is 110 Å². The summed E-state index contributed by atoms with van der Waals surface area (Å²) >= 11 is 5.61. The normalized spacial score (nSPS) is 14.4. The second kappa shape index (κ2) is 9.20. The monoisotopic (exact) mass is 751 g/mol. The molecular weight excluding hydrogens is 745 g/mol. The molecule has 0 aliphatic carbocycles. The fourth-order valence-electron chi connectivity index (χ4n) is 1.51. The zero-order valence-corrected chi connectivity index (χ0v) is 19.8. The minimum absolute atomic E-state index is 0.00386. The lowest BCUT2D eigenvalue weighted by molar-refractivity contribution is -0.311. The van der Waals surface area contributed by atoms with E-state index < -0.39 is 46.4 Å². The van der Waals surface area contributed by atoms with Crippen molar-refractivity contribution in [1.29, 1.82) is 0 Å². The van der Waals surface area contributed by atoms with E-state index in [-0.39, 0.29) is 5.56 Å². The van der Waals surface area contributed by atoms with Crippen molar-refractivity contribution in [2.24, 2.45) is 0 Å². The van der Waals surface area contributed by atoms with Crippen molar-refractivity contribution in [2.45, 2.75) is 12.0 Å². The third kappa shape index (κ3) is 7.38. The summed E-state index contributed by atoms with van der Waals surface area (Å²) in [4.78, 5) is 23.4. The van der Waals surface area contributed by atoms with Crippen LogP contribution in [0.25, 0.3) is 0 Å². The van der Waals surface area contributed by atoms with Gasteiger partial charge in [-0.15, -0.1) is 0 Å². The van der Waals surface area contributed by atoms with Gasteiger partial charge in [0.05, 0.1) is 5.56 Å². The maximum absolute atomic E-state index is 13.8. The van der Waals surface area contributed by atoms with E-state index in [0.29, 0.717) is 10.7 Å².